The summed E-state index contributed by atoms with van der Waals surface area (Å²) in [7, 11) is 4.56. The number of carbonyl (C=O) groups excluding carboxylic acids is 2. The lowest BCUT2D eigenvalue weighted by Crippen LogP contribution is -2.39. The number of ether oxygens (including phenoxy) is 2. The van der Waals surface area contributed by atoms with Crippen molar-refractivity contribution in [1.29, 1.82) is 0 Å². The summed E-state index contributed by atoms with van der Waals surface area (Å²) in [5.74, 6) is -0.183. The van der Waals surface area contributed by atoms with E-state index in [1.165, 1.54) is 12.0 Å². The number of methoxy groups -OCH3 is 2. The molecule has 7 heteroatoms. The second-order valence-corrected chi connectivity index (χ2v) is 4.46. The number of hydrogen-bond donors (Lipinski definition) is 2. The minimum Gasteiger partial charge on any atom is -0.496 e. The van der Waals surface area contributed by atoms with Crippen LogP contribution in [0.2, 0.25) is 0 Å². The molecule has 0 atom stereocenters. The summed E-state index contributed by atoms with van der Waals surface area (Å²) >= 11 is 0. The maximum atomic E-state index is 12.3. The molecular formula is C14H21N3O4. The number of anilines is 1. The number of nitrogens with two attached hydrogens (primary N) is 1. The molecule has 1 aromatic carbocycles. The number of amides is 2. The van der Waals surface area contributed by atoms with Crippen molar-refractivity contribution >= 4 is 17.5 Å². The first-order valence-corrected chi connectivity index (χ1v) is 6.44. The Labute approximate surface area is 124 Å². The van der Waals surface area contributed by atoms with Gasteiger partial charge in [-0.1, -0.05) is 0 Å². The molecule has 116 valence electrons. The molecule has 0 heterocycles. The molecular weight excluding hydrogens is 274 g/mol. The van der Waals surface area contributed by atoms with E-state index in [0.717, 1.165) is 0 Å². The number of hydrogen-bond acceptors (Lipinski definition) is 5. The highest BCUT2D eigenvalue weighted by Gasteiger charge is 2.18. The van der Waals surface area contributed by atoms with Crippen LogP contribution in [0, 0.1) is 0 Å². The normalized spacial score (nSPS) is 10.0. The van der Waals surface area contributed by atoms with Gasteiger partial charge in [-0.3, -0.25) is 9.59 Å². The van der Waals surface area contributed by atoms with Crippen molar-refractivity contribution in [3.63, 3.8) is 0 Å². The first-order valence-electron chi connectivity index (χ1n) is 6.44. The third-order valence-electron chi connectivity index (χ3n) is 2.81. The smallest absolute Gasteiger partial charge is 0.257 e. The molecule has 0 radical (unpaired) electrons. The maximum Gasteiger partial charge on any atom is 0.257 e. The number of rotatable bonds is 7. The van der Waals surface area contributed by atoms with Crippen molar-refractivity contribution in [3.8, 4) is 5.75 Å². The zero-order valence-electron chi connectivity index (χ0n) is 12.5. The summed E-state index contributed by atoms with van der Waals surface area (Å²) < 4.78 is 9.97. The highest BCUT2D eigenvalue weighted by Crippen LogP contribution is 2.22. The number of carbonyl (C=O) groups is 2. The molecule has 2 amide bonds. The topological polar surface area (TPSA) is 93.9 Å². The van der Waals surface area contributed by atoms with E-state index < -0.39 is 0 Å². The van der Waals surface area contributed by atoms with Gasteiger partial charge in [-0.25, -0.2) is 0 Å². The second-order valence-electron chi connectivity index (χ2n) is 4.46. The largest absolute Gasteiger partial charge is 0.496 e. The van der Waals surface area contributed by atoms with E-state index in [9.17, 15) is 9.59 Å². The summed E-state index contributed by atoms with van der Waals surface area (Å²) in [6, 6.07) is 4.76. The average Bonchev–Trinajstić information content (AvgIpc) is 2.46. The molecule has 0 aromatic heterocycles. The Balaban J connectivity index is 2.68. The second kappa shape index (κ2) is 8.11. The lowest BCUT2D eigenvalue weighted by atomic mass is 10.1. The average molecular weight is 295 g/mol. The number of nitrogens with one attached hydrogen (secondary N) is 1. The maximum absolute atomic E-state index is 12.3. The van der Waals surface area contributed by atoms with Gasteiger partial charge < -0.3 is 25.4 Å². The summed E-state index contributed by atoms with van der Waals surface area (Å²) in [5, 5.41) is 2.65. The van der Waals surface area contributed by atoms with E-state index in [0.29, 0.717) is 30.2 Å². The summed E-state index contributed by atoms with van der Waals surface area (Å²) in [6.07, 6.45) is 0. The molecule has 3 N–H and O–H groups in total. The Kier molecular flexibility index (Phi) is 6.48. The molecule has 7 nitrogen and oxygen atoms in total. The van der Waals surface area contributed by atoms with Crippen LogP contribution in [0.3, 0.4) is 0 Å². The fraction of sp³-hybridized carbons (Fsp3) is 0.429. The van der Waals surface area contributed by atoms with Gasteiger partial charge in [0.25, 0.3) is 5.91 Å². The van der Waals surface area contributed by atoms with Gasteiger partial charge in [-0.2, -0.15) is 0 Å². The molecule has 0 bridgehead atoms. The molecule has 0 fully saturated rings. The molecule has 0 aliphatic carbocycles. The van der Waals surface area contributed by atoms with Gasteiger partial charge in [0.15, 0.2) is 0 Å². The summed E-state index contributed by atoms with van der Waals surface area (Å²) in [5.41, 5.74) is 6.51. The Morgan fingerprint density at radius 2 is 2.05 bits per heavy atom. The van der Waals surface area contributed by atoms with Gasteiger partial charge in [-0.15, -0.1) is 0 Å². The van der Waals surface area contributed by atoms with Crippen molar-refractivity contribution in [3.05, 3.63) is 23.8 Å². The van der Waals surface area contributed by atoms with E-state index in [1.807, 2.05) is 0 Å². The molecule has 0 saturated heterocycles. The van der Waals surface area contributed by atoms with Gasteiger partial charge in [-0.05, 0) is 12.1 Å². The molecule has 0 unspecified atom stereocenters. The number of nitrogens with zero attached hydrogens (tertiary/aromatic N) is 1. The number of nitrogen functional groups attached to an aromatic ring is 1. The van der Waals surface area contributed by atoms with Crippen LogP contribution in [0.25, 0.3) is 0 Å². The van der Waals surface area contributed by atoms with Crippen molar-refractivity contribution in [2.45, 2.75) is 0 Å². The Morgan fingerprint density at radius 3 is 2.67 bits per heavy atom. The van der Waals surface area contributed by atoms with Gasteiger partial charge >= 0.3 is 0 Å². The molecule has 0 aliphatic heterocycles. The fourth-order valence-corrected chi connectivity index (χ4v) is 1.73. The molecule has 21 heavy (non-hydrogen) atoms. The summed E-state index contributed by atoms with van der Waals surface area (Å²) in [6.45, 7) is 0.786. The van der Waals surface area contributed by atoms with E-state index in [2.05, 4.69) is 5.32 Å². The highest BCUT2D eigenvalue weighted by atomic mass is 16.5. The predicted octanol–water partition coefficient (Wildman–Crippen LogP) is 0.112. The van der Waals surface area contributed by atoms with Crippen molar-refractivity contribution in [2.24, 2.45) is 0 Å². The number of benzene rings is 1. The molecule has 0 saturated carbocycles. The molecule has 0 spiro atoms. The predicted molar refractivity (Wildman–Crippen MR) is 79.3 cm³/mol. The van der Waals surface area contributed by atoms with E-state index >= 15 is 0 Å². The van der Waals surface area contributed by atoms with Crippen LogP contribution in [0.4, 0.5) is 5.69 Å². The third kappa shape index (κ3) is 4.96. The van der Waals surface area contributed by atoms with Crippen LogP contribution < -0.4 is 15.8 Å². The van der Waals surface area contributed by atoms with Crippen LogP contribution in [0.5, 0.6) is 5.75 Å². The summed E-state index contributed by atoms with van der Waals surface area (Å²) in [4.78, 5) is 25.3. The van der Waals surface area contributed by atoms with Crippen molar-refractivity contribution < 1.29 is 19.1 Å². The Bertz CT molecular complexity index is 505. The minimum absolute atomic E-state index is 0.0456. The SMILES string of the molecule is COCCNC(=O)CN(C)C(=O)c1ccc(N)cc1OC. The van der Waals surface area contributed by atoms with Crippen LogP contribution in [-0.2, 0) is 9.53 Å². The Morgan fingerprint density at radius 1 is 1.33 bits per heavy atom. The van der Waals surface area contributed by atoms with Crippen molar-refractivity contribution in [2.75, 3.05) is 46.7 Å². The standard InChI is InChI=1S/C14H21N3O4/c1-17(9-13(18)16-6-7-20-2)14(19)11-5-4-10(15)8-12(11)21-3/h4-5,8H,6-7,9,15H2,1-3H3,(H,16,18). The van der Waals surface area contributed by atoms with Crippen LogP contribution in [0.1, 0.15) is 10.4 Å². The van der Waals surface area contributed by atoms with Gasteiger partial charge in [0.2, 0.25) is 5.91 Å². The Hall–Kier alpha value is -2.28. The van der Waals surface area contributed by atoms with E-state index in [4.69, 9.17) is 15.2 Å². The monoisotopic (exact) mass is 295 g/mol. The first kappa shape index (κ1) is 16.8. The van der Waals surface area contributed by atoms with Gasteiger partial charge in [0.05, 0.1) is 25.8 Å². The third-order valence-corrected chi connectivity index (χ3v) is 2.81. The van der Waals surface area contributed by atoms with Gasteiger partial charge in [0.1, 0.15) is 5.75 Å². The lowest BCUT2D eigenvalue weighted by molar-refractivity contribution is -0.121. The molecule has 0 aliphatic rings. The van der Waals surface area contributed by atoms with E-state index in [1.54, 1.807) is 32.4 Å². The van der Waals surface area contributed by atoms with Crippen LogP contribution in [-0.4, -0.2) is 57.7 Å². The van der Waals surface area contributed by atoms with Crippen molar-refractivity contribution in [1.82, 2.24) is 10.2 Å². The molecule has 1 aromatic rings. The zero-order chi connectivity index (χ0) is 15.8. The number of likely N-dealkylation sites (N-methyl/N-ethyl adjacent to an activating group) is 1. The van der Waals surface area contributed by atoms with Crippen LogP contribution >= 0.6 is 0 Å². The minimum atomic E-state index is -0.311. The van der Waals surface area contributed by atoms with E-state index in [-0.39, 0.29) is 18.4 Å². The zero-order valence-corrected chi connectivity index (χ0v) is 12.5. The highest BCUT2D eigenvalue weighted by molar-refractivity contribution is 5.99. The van der Waals surface area contributed by atoms with Gasteiger partial charge in [0, 0.05) is 32.5 Å². The molecule has 1 rings (SSSR count). The first-order chi connectivity index (χ1) is 9.99. The van der Waals surface area contributed by atoms with Crippen LogP contribution in [0.15, 0.2) is 18.2 Å². The lowest BCUT2D eigenvalue weighted by Gasteiger charge is -2.18. The fourth-order valence-electron chi connectivity index (χ4n) is 1.73. The quantitative estimate of drug-likeness (QED) is 0.550.